The van der Waals surface area contributed by atoms with E-state index in [1.54, 1.807) is 29.8 Å². The van der Waals surface area contributed by atoms with Crippen molar-refractivity contribution in [2.45, 2.75) is 18.9 Å². The molecule has 0 unspecified atom stereocenters. The fourth-order valence-corrected chi connectivity index (χ4v) is 7.94. The Bertz CT molecular complexity index is 3010. The van der Waals surface area contributed by atoms with Crippen molar-refractivity contribution in [3.63, 3.8) is 0 Å². The lowest BCUT2D eigenvalue weighted by Gasteiger charge is -2.15. The molecule has 272 valence electrons. The van der Waals surface area contributed by atoms with Gasteiger partial charge in [0.05, 0.1) is 51.1 Å². The molecule has 5 heterocycles. The highest BCUT2D eigenvalue weighted by molar-refractivity contribution is 6.54. The fourth-order valence-electron chi connectivity index (χ4n) is 6.92. The van der Waals surface area contributed by atoms with Crippen molar-refractivity contribution in [3.05, 3.63) is 86.8 Å². The molecule has 17 heteroatoms. The molecule has 4 aromatic carbocycles. The van der Waals surface area contributed by atoms with Crippen LogP contribution in [0.1, 0.15) is 12.8 Å². The number of halogens is 4. The van der Waals surface area contributed by atoms with Gasteiger partial charge in [0.2, 0.25) is 11.3 Å². The van der Waals surface area contributed by atoms with Crippen LogP contribution < -0.4 is 9.30 Å². The number of carboxylic acids is 2. The normalized spacial score (nSPS) is 12.0. The Morgan fingerprint density at radius 3 is 1.60 bits per heavy atom. The van der Waals surface area contributed by atoms with Gasteiger partial charge in [-0.1, -0.05) is 98.8 Å². The van der Waals surface area contributed by atoms with E-state index in [4.69, 9.17) is 76.1 Å². The molecular weight excluding hydrogens is 790 g/mol. The van der Waals surface area contributed by atoms with E-state index in [1.807, 2.05) is 48.5 Å². The van der Waals surface area contributed by atoms with E-state index in [0.717, 1.165) is 21.9 Å². The molecule has 2 aliphatic rings. The van der Waals surface area contributed by atoms with Crippen LogP contribution in [0.15, 0.2) is 66.7 Å². The van der Waals surface area contributed by atoms with Crippen molar-refractivity contribution in [1.82, 2.24) is 34.9 Å². The van der Waals surface area contributed by atoms with Gasteiger partial charge in [0, 0.05) is 32.7 Å². The van der Waals surface area contributed by atoms with Gasteiger partial charge in [0.15, 0.2) is 11.6 Å². The van der Waals surface area contributed by atoms with Crippen molar-refractivity contribution < 1.29 is 29.1 Å². The maximum absolute atomic E-state index is 11.6. The van der Waals surface area contributed by atoms with Gasteiger partial charge in [0.1, 0.15) is 23.1 Å². The summed E-state index contributed by atoms with van der Waals surface area (Å²) in [5.41, 5.74) is 3.96. The number of nitrogens with one attached hydrogen (secondary N) is 2. The first-order valence-electron chi connectivity index (χ1n) is 16.6. The number of hydrogen-bond acceptors (Lipinski definition) is 8. The van der Waals surface area contributed by atoms with Crippen molar-refractivity contribution in [1.29, 1.82) is 0 Å². The third-order valence-corrected chi connectivity index (χ3v) is 11.2. The fraction of sp³-hybridized carbons (Fsp3) is 0.105. The molecule has 0 radical (unpaired) electrons. The molecule has 0 fully saturated rings. The summed E-state index contributed by atoms with van der Waals surface area (Å²) in [6.07, 6.45) is -2.20. The highest BCUT2D eigenvalue weighted by atomic mass is 35.5. The Morgan fingerprint density at radius 2 is 1.09 bits per heavy atom. The SMILES string of the molecule is C[n+]1c2nc3[nH]c(nc4nc(nc5[nH]c(nc1-c1c(Cl)c(Cl)c(Cl)c(Cl)c1-2)c1cc(OC(CC(=O)O)CC(=O)O)ccc51)-c1ccccc1-4)c1ccccc31. The second kappa shape index (κ2) is 13.2. The molecule has 0 amide bonds. The number of fused-ring (bicyclic) bond motifs is 20. The van der Waals surface area contributed by atoms with Crippen molar-refractivity contribution >= 4 is 102 Å². The predicted octanol–water partition coefficient (Wildman–Crippen LogP) is 8.61. The minimum atomic E-state index is -1.20. The predicted molar refractivity (Wildman–Crippen MR) is 208 cm³/mol. The van der Waals surface area contributed by atoms with Gasteiger partial charge < -0.3 is 24.9 Å². The molecule has 2 aliphatic heterocycles. The lowest BCUT2D eigenvalue weighted by atomic mass is 10.1. The number of aromatic amines is 2. The average Bonchev–Trinajstić information content (AvgIpc) is 3.87. The zero-order chi connectivity index (χ0) is 38.3. The lowest BCUT2D eigenvalue weighted by molar-refractivity contribution is -0.650. The van der Waals surface area contributed by atoms with Crippen LogP contribution in [-0.2, 0) is 16.6 Å². The highest BCUT2D eigenvalue weighted by Gasteiger charge is 2.37. The van der Waals surface area contributed by atoms with E-state index in [1.165, 1.54) is 0 Å². The van der Waals surface area contributed by atoms with Gasteiger partial charge in [-0.2, -0.15) is 0 Å². The molecular formula is C38H23Cl4N8O5+. The summed E-state index contributed by atoms with van der Waals surface area (Å²) in [5, 5.41) is 21.8. The highest BCUT2D eigenvalue weighted by Crippen LogP contribution is 2.50. The number of H-pyrrole nitrogens is 2. The molecule has 8 bridgehead atoms. The van der Waals surface area contributed by atoms with Crippen molar-refractivity contribution in [3.8, 4) is 51.3 Å². The van der Waals surface area contributed by atoms with Gasteiger partial charge in [-0.15, -0.1) is 0 Å². The Kier molecular flexibility index (Phi) is 8.35. The molecule has 55 heavy (non-hydrogen) atoms. The van der Waals surface area contributed by atoms with E-state index in [-0.39, 0.29) is 25.8 Å². The summed E-state index contributed by atoms with van der Waals surface area (Å²) in [7, 11) is 1.75. The number of ether oxygens (including phenoxy) is 1. The quantitative estimate of drug-likeness (QED) is 0.0720. The zero-order valence-corrected chi connectivity index (χ0v) is 31.2. The van der Waals surface area contributed by atoms with Gasteiger partial charge in [-0.05, 0) is 24.3 Å². The van der Waals surface area contributed by atoms with E-state index in [2.05, 4.69) is 9.97 Å². The summed E-state index contributed by atoms with van der Waals surface area (Å²) in [6.45, 7) is 0. The Labute approximate surface area is 329 Å². The summed E-state index contributed by atoms with van der Waals surface area (Å²) in [4.78, 5) is 54.9. The van der Waals surface area contributed by atoms with Crippen LogP contribution in [0.2, 0.25) is 20.1 Å². The van der Waals surface area contributed by atoms with Crippen LogP contribution in [-0.4, -0.2) is 63.1 Å². The van der Waals surface area contributed by atoms with Crippen LogP contribution in [0.25, 0.3) is 89.7 Å². The summed E-state index contributed by atoms with van der Waals surface area (Å²) in [5.74, 6) is -0.704. The van der Waals surface area contributed by atoms with E-state index < -0.39 is 30.9 Å². The van der Waals surface area contributed by atoms with Crippen LogP contribution in [0, 0.1) is 0 Å². The van der Waals surface area contributed by atoms with Gasteiger partial charge >= 0.3 is 11.9 Å². The molecule has 9 rings (SSSR count). The number of nitrogens with zero attached hydrogens (tertiary/aromatic N) is 6. The van der Waals surface area contributed by atoms with Crippen molar-refractivity contribution in [2.24, 2.45) is 7.05 Å². The Balaban J connectivity index is 1.43. The standard InChI is InChI=1S/C38H22Cl4N8O5/c1-50-37-25-26(28(40)30(42)29(41)27(25)39)38(50)49-36-22-12-15(55-16(13-23(51)52)14-24(53)54)10-11-21(22)34(47-36)45-32-18-7-3-2-6-17(18)31(43-32)44-33-19-8-4-5-9-20(19)35(46-33)48-37/h2-12,16H,13-14H2,1H3,(H3,43,44,45,46,47,48,49,51,52,53,54)/p+1. The largest absolute Gasteiger partial charge is 0.489 e. The van der Waals surface area contributed by atoms with Gasteiger partial charge in [0.25, 0.3) is 11.6 Å². The third-order valence-electron chi connectivity index (χ3n) is 9.36. The van der Waals surface area contributed by atoms with Gasteiger partial charge in [-0.3, -0.25) is 9.59 Å². The average molecular weight is 813 g/mol. The minimum Gasteiger partial charge on any atom is -0.489 e. The number of carbonyl (C=O) groups is 2. The number of benzene rings is 4. The zero-order valence-electron chi connectivity index (χ0n) is 28.2. The molecule has 13 nitrogen and oxygen atoms in total. The van der Waals surface area contributed by atoms with Crippen LogP contribution in [0.5, 0.6) is 5.75 Å². The first-order valence-corrected chi connectivity index (χ1v) is 18.1. The number of aromatic nitrogens is 8. The topological polar surface area (TPSA) is 184 Å². The lowest BCUT2D eigenvalue weighted by Crippen LogP contribution is -2.30. The van der Waals surface area contributed by atoms with E-state index in [9.17, 15) is 19.8 Å². The van der Waals surface area contributed by atoms with E-state index in [0.29, 0.717) is 67.8 Å². The van der Waals surface area contributed by atoms with Gasteiger partial charge in [-0.25, -0.2) is 19.5 Å². The first-order chi connectivity index (χ1) is 26.5. The second-order valence-electron chi connectivity index (χ2n) is 12.8. The minimum absolute atomic E-state index is 0.0297. The maximum atomic E-state index is 11.6. The Hall–Kier alpha value is -5.86. The molecule has 7 aromatic rings. The Morgan fingerprint density at radius 1 is 0.636 bits per heavy atom. The van der Waals surface area contributed by atoms with Crippen LogP contribution in [0.3, 0.4) is 0 Å². The summed E-state index contributed by atoms with van der Waals surface area (Å²) < 4.78 is 7.65. The number of hydrogen-bond donors (Lipinski definition) is 4. The van der Waals surface area contributed by atoms with Crippen LogP contribution in [0.4, 0.5) is 0 Å². The first kappa shape index (κ1) is 34.9. The molecule has 0 aliphatic carbocycles. The molecule has 0 spiro atoms. The number of aliphatic carboxylic acids is 2. The monoisotopic (exact) mass is 811 g/mol. The maximum Gasteiger partial charge on any atom is 0.307 e. The summed E-state index contributed by atoms with van der Waals surface area (Å²) in [6, 6.07) is 20.3. The summed E-state index contributed by atoms with van der Waals surface area (Å²) >= 11 is 27.2. The number of carboxylic acid groups (broad SMARTS) is 2. The third kappa shape index (κ3) is 5.78. The molecule has 0 atom stereocenters. The molecule has 0 saturated heterocycles. The van der Waals surface area contributed by atoms with E-state index >= 15 is 0 Å². The second-order valence-corrected chi connectivity index (χ2v) is 14.3. The number of rotatable bonds is 6. The smallest absolute Gasteiger partial charge is 0.307 e. The van der Waals surface area contributed by atoms with Crippen LogP contribution >= 0.6 is 46.4 Å². The molecule has 4 N–H and O–H groups in total. The molecule has 3 aromatic heterocycles. The molecule has 0 saturated carbocycles. The van der Waals surface area contributed by atoms with Crippen molar-refractivity contribution in [2.75, 3.05) is 0 Å².